The lowest BCUT2D eigenvalue weighted by Gasteiger charge is -2.22. The van der Waals surface area contributed by atoms with E-state index in [-0.39, 0.29) is 18.9 Å². The van der Waals surface area contributed by atoms with E-state index >= 15 is 0 Å². The molecule has 5 aromatic rings. The number of amides is 1. The van der Waals surface area contributed by atoms with E-state index in [1.807, 2.05) is 78.2 Å². The minimum absolute atomic E-state index is 0.0782. The lowest BCUT2D eigenvalue weighted by molar-refractivity contribution is -0.136. The van der Waals surface area contributed by atoms with Crippen molar-refractivity contribution in [2.24, 2.45) is 0 Å². The third kappa shape index (κ3) is 6.33. The molecule has 2 aromatic heterocycles. The first kappa shape index (κ1) is 26.6. The van der Waals surface area contributed by atoms with Crippen LogP contribution in [0.25, 0.3) is 28.8 Å². The van der Waals surface area contributed by atoms with E-state index in [0.717, 1.165) is 33.2 Å². The number of aromatic nitrogens is 2. The van der Waals surface area contributed by atoms with Gasteiger partial charge in [-0.3, -0.25) is 9.59 Å². The van der Waals surface area contributed by atoms with Crippen molar-refractivity contribution in [1.29, 1.82) is 0 Å². The van der Waals surface area contributed by atoms with Crippen LogP contribution in [0.4, 0.5) is 10.8 Å². The van der Waals surface area contributed by atoms with Gasteiger partial charge in [0.2, 0.25) is 0 Å². The number of nitrogens with one attached hydrogen (secondary N) is 1. The average molecular weight is 551 g/mol. The van der Waals surface area contributed by atoms with Gasteiger partial charge in [0.25, 0.3) is 5.91 Å². The number of benzene rings is 3. The van der Waals surface area contributed by atoms with E-state index in [2.05, 4.69) is 22.0 Å². The van der Waals surface area contributed by atoms with Crippen molar-refractivity contribution in [3.05, 3.63) is 114 Å². The number of carboxylic acid groups (broad SMARTS) is 1. The summed E-state index contributed by atoms with van der Waals surface area (Å²) in [6, 6.07) is 27.0. The van der Waals surface area contributed by atoms with E-state index in [0.29, 0.717) is 23.6 Å². The summed E-state index contributed by atoms with van der Waals surface area (Å²) in [5.74, 6) is -0.681. The number of anilines is 2. The summed E-state index contributed by atoms with van der Waals surface area (Å²) in [5.41, 5.74) is 5.80. The number of nitrogens with zero attached hydrogens (tertiary/aromatic N) is 3. The molecular weight excluding hydrogens is 524 g/mol. The molecule has 0 saturated heterocycles. The normalized spacial score (nSPS) is 10.7. The molecule has 0 unspecified atom stereocenters. The molecule has 5 rings (SSSR count). The molecule has 0 spiro atoms. The summed E-state index contributed by atoms with van der Waals surface area (Å²) in [5, 5.41) is 18.3. The highest BCUT2D eigenvalue weighted by Crippen LogP contribution is 2.35. The third-order valence-electron chi connectivity index (χ3n) is 6.18. The molecule has 8 nitrogen and oxygen atoms in total. The van der Waals surface area contributed by atoms with Gasteiger partial charge in [0, 0.05) is 34.8 Å². The molecule has 0 fully saturated rings. The zero-order valence-electron chi connectivity index (χ0n) is 21.5. The summed E-state index contributed by atoms with van der Waals surface area (Å²) < 4.78 is 5.62. The Kier molecular flexibility index (Phi) is 8.13. The number of hydrogen-bond donors (Lipinski definition) is 2. The topological polar surface area (TPSA) is 109 Å². The van der Waals surface area contributed by atoms with Gasteiger partial charge in [0.05, 0.1) is 13.0 Å². The summed E-state index contributed by atoms with van der Waals surface area (Å²) in [6.45, 7) is 4.42. The number of hydrogen-bond acceptors (Lipinski definition) is 7. The number of carbonyl (C=O) groups excluding carboxylic acids is 1. The van der Waals surface area contributed by atoms with Crippen molar-refractivity contribution in [3.8, 4) is 22.7 Å². The van der Waals surface area contributed by atoms with Gasteiger partial charge < -0.3 is 19.8 Å². The van der Waals surface area contributed by atoms with Crippen LogP contribution in [0.3, 0.4) is 0 Å². The highest BCUT2D eigenvalue weighted by molar-refractivity contribution is 7.14. The predicted octanol–water partition coefficient (Wildman–Crippen LogP) is 6.65. The van der Waals surface area contributed by atoms with Crippen LogP contribution in [0.15, 0.2) is 101 Å². The first-order chi connectivity index (χ1) is 19.5. The SMILES string of the molecule is C=Cc1ccc(N(Cc2ccc(C(=O)NCCC(=O)O)cc2)c2nc(-c3cc(-c4ccccc4)no3)cs2)cc1. The van der Waals surface area contributed by atoms with Gasteiger partial charge in [0.15, 0.2) is 10.9 Å². The molecule has 2 heterocycles. The molecule has 0 aliphatic rings. The second-order valence-electron chi connectivity index (χ2n) is 8.94. The molecule has 0 radical (unpaired) electrons. The van der Waals surface area contributed by atoms with Crippen LogP contribution in [0.2, 0.25) is 0 Å². The Balaban J connectivity index is 1.38. The fourth-order valence-electron chi connectivity index (χ4n) is 4.03. The fourth-order valence-corrected chi connectivity index (χ4v) is 4.87. The Morgan fingerprint density at radius 1 is 1.00 bits per heavy atom. The van der Waals surface area contributed by atoms with Crippen molar-refractivity contribution >= 4 is 40.1 Å². The highest BCUT2D eigenvalue weighted by Gasteiger charge is 2.18. The molecule has 0 aliphatic carbocycles. The lowest BCUT2D eigenvalue weighted by atomic mass is 10.1. The van der Waals surface area contributed by atoms with Gasteiger partial charge in [-0.05, 0) is 35.4 Å². The van der Waals surface area contributed by atoms with Gasteiger partial charge in [-0.1, -0.05) is 72.4 Å². The zero-order chi connectivity index (χ0) is 27.9. The number of carbonyl (C=O) groups is 2. The van der Waals surface area contributed by atoms with Crippen molar-refractivity contribution < 1.29 is 19.2 Å². The van der Waals surface area contributed by atoms with Crippen LogP contribution in [0.5, 0.6) is 0 Å². The Bertz CT molecular complexity index is 1610. The van der Waals surface area contributed by atoms with Crippen molar-refractivity contribution in [2.45, 2.75) is 13.0 Å². The second kappa shape index (κ2) is 12.2. The molecule has 0 bridgehead atoms. The second-order valence-corrected chi connectivity index (χ2v) is 9.77. The molecule has 0 atom stereocenters. The van der Waals surface area contributed by atoms with E-state index in [1.54, 1.807) is 18.2 Å². The molecule has 40 heavy (non-hydrogen) atoms. The van der Waals surface area contributed by atoms with Crippen LogP contribution in [-0.4, -0.2) is 33.7 Å². The molecule has 2 N–H and O–H groups in total. The van der Waals surface area contributed by atoms with Crippen molar-refractivity contribution in [3.63, 3.8) is 0 Å². The van der Waals surface area contributed by atoms with Crippen LogP contribution in [0, 0.1) is 0 Å². The molecule has 200 valence electrons. The largest absolute Gasteiger partial charge is 0.481 e. The zero-order valence-corrected chi connectivity index (χ0v) is 22.3. The minimum Gasteiger partial charge on any atom is -0.481 e. The Morgan fingerprint density at radius 3 is 2.45 bits per heavy atom. The van der Waals surface area contributed by atoms with Gasteiger partial charge in [0.1, 0.15) is 11.4 Å². The first-order valence-electron chi connectivity index (χ1n) is 12.6. The minimum atomic E-state index is -0.956. The fraction of sp³-hybridized carbons (Fsp3) is 0.0968. The van der Waals surface area contributed by atoms with E-state index < -0.39 is 5.97 Å². The monoisotopic (exact) mass is 550 g/mol. The average Bonchev–Trinajstić information content (AvgIpc) is 3.67. The van der Waals surface area contributed by atoms with Crippen molar-refractivity contribution in [1.82, 2.24) is 15.5 Å². The summed E-state index contributed by atoms with van der Waals surface area (Å²) >= 11 is 1.50. The molecule has 0 aliphatic heterocycles. The Labute approximate surface area is 235 Å². The third-order valence-corrected chi connectivity index (χ3v) is 7.04. The number of thiazole rings is 1. The Morgan fingerprint density at radius 2 is 1.75 bits per heavy atom. The molecule has 3 aromatic carbocycles. The summed E-state index contributed by atoms with van der Waals surface area (Å²) in [4.78, 5) is 30.0. The predicted molar refractivity (Wildman–Crippen MR) is 156 cm³/mol. The quantitative estimate of drug-likeness (QED) is 0.189. The van der Waals surface area contributed by atoms with Crippen molar-refractivity contribution in [2.75, 3.05) is 11.4 Å². The van der Waals surface area contributed by atoms with Crippen LogP contribution in [-0.2, 0) is 11.3 Å². The molecule has 9 heteroatoms. The standard InChI is InChI=1S/C31H26N4O4S/c1-2-21-10-14-25(15-11-21)35(19-22-8-12-24(13-9-22)30(38)32-17-16-29(36)37)31-33-27(20-40-31)28-18-26(34-39-28)23-6-4-3-5-7-23/h2-15,18,20H,1,16-17,19H2,(H,32,38)(H,36,37). The summed E-state index contributed by atoms with van der Waals surface area (Å²) in [6.07, 6.45) is 1.67. The van der Waals surface area contributed by atoms with Crippen LogP contribution in [0.1, 0.15) is 27.9 Å². The molecule has 1 amide bonds. The van der Waals surface area contributed by atoms with E-state index in [9.17, 15) is 9.59 Å². The maximum atomic E-state index is 12.3. The Hall–Kier alpha value is -5.02. The number of rotatable bonds is 11. The van der Waals surface area contributed by atoms with Crippen LogP contribution < -0.4 is 10.2 Å². The van der Waals surface area contributed by atoms with Crippen LogP contribution >= 0.6 is 11.3 Å². The molecular formula is C31H26N4O4S. The first-order valence-corrected chi connectivity index (χ1v) is 13.4. The van der Waals surface area contributed by atoms with Gasteiger partial charge in [-0.15, -0.1) is 11.3 Å². The molecule has 0 saturated carbocycles. The van der Waals surface area contributed by atoms with E-state index in [4.69, 9.17) is 14.6 Å². The highest BCUT2D eigenvalue weighted by atomic mass is 32.1. The van der Waals surface area contributed by atoms with Gasteiger partial charge in [-0.2, -0.15) is 0 Å². The summed E-state index contributed by atoms with van der Waals surface area (Å²) in [7, 11) is 0. The van der Waals surface area contributed by atoms with Gasteiger partial charge in [-0.25, -0.2) is 4.98 Å². The number of carboxylic acids is 1. The maximum absolute atomic E-state index is 12.3. The smallest absolute Gasteiger partial charge is 0.305 e. The van der Waals surface area contributed by atoms with Gasteiger partial charge >= 0.3 is 5.97 Å². The van der Waals surface area contributed by atoms with E-state index in [1.165, 1.54) is 11.3 Å². The number of aliphatic carboxylic acids is 1. The lowest BCUT2D eigenvalue weighted by Crippen LogP contribution is -2.26. The maximum Gasteiger partial charge on any atom is 0.305 e.